The molecule has 0 bridgehead atoms. The monoisotopic (exact) mass is 457 g/mol. The number of carbonyl (C=O) groups excluding carboxylic acids is 1. The van der Waals surface area contributed by atoms with Gasteiger partial charge in [-0.05, 0) is 25.1 Å². The van der Waals surface area contributed by atoms with Crippen molar-refractivity contribution in [1.82, 2.24) is 20.2 Å². The van der Waals surface area contributed by atoms with Crippen LogP contribution in [0.25, 0.3) is 0 Å². The highest BCUT2D eigenvalue weighted by Gasteiger charge is 2.34. The quantitative estimate of drug-likeness (QED) is 0.504. The van der Waals surface area contributed by atoms with Crippen LogP contribution in [0.5, 0.6) is 0 Å². The highest BCUT2D eigenvalue weighted by molar-refractivity contribution is 7.98. The molecule has 0 atom stereocenters. The number of carbonyl (C=O) groups is 1. The fraction of sp³-hybridized carbons (Fsp3) is 0.550. The average Bonchev–Trinajstić information content (AvgIpc) is 3.19. The number of furan rings is 1. The summed E-state index contributed by atoms with van der Waals surface area (Å²) in [6.07, 6.45) is -4.56. The van der Waals surface area contributed by atoms with Crippen LogP contribution < -0.4 is 10.2 Å². The Morgan fingerprint density at radius 1 is 1.23 bits per heavy atom. The molecule has 1 fully saturated rings. The average molecular weight is 458 g/mol. The summed E-state index contributed by atoms with van der Waals surface area (Å²) >= 11 is 1.04. The molecule has 0 aromatic carbocycles. The van der Waals surface area contributed by atoms with Crippen molar-refractivity contribution in [2.24, 2.45) is 5.92 Å². The van der Waals surface area contributed by atoms with Gasteiger partial charge in [0.25, 0.3) is 5.91 Å². The lowest BCUT2D eigenvalue weighted by Crippen LogP contribution is -2.45. The third-order valence-electron chi connectivity index (χ3n) is 4.71. The molecule has 31 heavy (non-hydrogen) atoms. The van der Waals surface area contributed by atoms with Crippen LogP contribution in [0.15, 0.2) is 27.8 Å². The molecular formula is C20H26F3N5O2S. The van der Waals surface area contributed by atoms with Crippen molar-refractivity contribution >= 4 is 23.5 Å². The van der Waals surface area contributed by atoms with Crippen LogP contribution in [0.2, 0.25) is 0 Å². The van der Waals surface area contributed by atoms with Crippen LogP contribution in [-0.4, -0.2) is 60.5 Å². The van der Waals surface area contributed by atoms with E-state index in [1.807, 2.05) is 25.8 Å². The van der Waals surface area contributed by atoms with E-state index in [9.17, 15) is 18.0 Å². The number of likely N-dealkylation sites (N-methyl/N-ethyl adjacent to an activating group) is 1. The molecule has 0 aliphatic carbocycles. The number of halogens is 3. The minimum Gasteiger partial charge on any atom is -0.455 e. The first-order valence-electron chi connectivity index (χ1n) is 10.0. The molecule has 0 spiro atoms. The second-order valence-corrected chi connectivity index (χ2v) is 8.78. The second-order valence-electron chi connectivity index (χ2n) is 7.84. The third kappa shape index (κ3) is 6.60. The van der Waals surface area contributed by atoms with Gasteiger partial charge in [-0.15, -0.1) is 0 Å². The van der Waals surface area contributed by atoms with Crippen molar-refractivity contribution in [2.45, 2.75) is 30.9 Å². The number of thioether (sulfide) groups is 1. The van der Waals surface area contributed by atoms with Crippen molar-refractivity contribution in [3.63, 3.8) is 0 Å². The van der Waals surface area contributed by atoms with Crippen LogP contribution in [-0.2, 0) is 11.9 Å². The number of aromatic nitrogens is 2. The molecule has 1 saturated heterocycles. The number of alkyl halides is 3. The van der Waals surface area contributed by atoms with Crippen LogP contribution in [0.1, 0.15) is 35.9 Å². The minimum atomic E-state index is -4.56. The lowest BCUT2D eigenvalue weighted by atomic mass is 10.2. The van der Waals surface area contributed by atoms with Crippen molar-refractivity contribution in [2.75, 3.05) is 44.7 Å². The first kappa shape index (κ1) is 23.4. The summed E-state index contributed by atoms with van der Waals surface area (Å²) in [5, 5.41) is 2.78. The van der Waals surface area contributed by atoms with Crippen LogP contribution in [0.4, 0.5) is 19.0 Å². The summed E-state index contributed by atoms with van der Waals surface area (Å²) in [5.41, 5.74) is -0.966. The predicted octanol–water partition coefficient (Wildman–Crippen LogP) is 3.52. The third-order valence-corrected chi connectivity index (χ3v) is 5.58. The van der Waals surface area contributed by atoms with E-state index < -0.39 is 11.9 Å². The number of amides is 1. The molecule has 2 aromatic heterocycles. The number of piperazine rings is 1. The Kier molecular flexibility index (Phi) is 7.47. The van der Waals surface area contributed by atoms with E-state index in [-0.39, 0.29) is 28.4 Å². The maximum absolute atomic E-state index is 13.4. The standard InChI is InChI=1S/C20H26F3N5O2S/c1-13(2)11-24-18(29)15-5-4-14(30-15)12-31-19-25-16(20(21,22)23)10-17(26-19)28-8-6-27(3)7-9-28/h4-5,10,13H,6-9,11-12H2,1-3H3,(H,24,29). The summed E-state index contributed by atoms with van der Waals surface area (Å²) < 4.78 is 45.6. The number of anilines is 1. The lowest BCUT2D eigenvalue weighted by Gasteiger charge is -2.33. The summed E-state index contributed by atoms with van der Waals surface area (Å²) in [6, 6.07) is 4.18. The summed E-state index contributed by atoms with van der Waals surface area (Å²) in [5.74, 6) is 1.09. The van der Waals surface area contributed by atoms with Gasteiger partial charge in [0.1, 0.15) is 11.6 Å². The number of hydrogen-bond acceptors (Lipinski definition) is 7. The maximum Gasteiger partial charge on any atom is 0.433 e. The number of rotatable bonds is 7. The number of hydrogen-bond donors (Lipinski definition) is 1. The SMILES string of the molecule is CC(C)CNC(=O)c1ccc(CSc2nc(N3CCN(C)CC3)cc(C(F)(F)F)n2)o1. The Bertz CT molecular complexity index is 895. The van der Waals surface area contributed by atoms with Gasteiger partial charge in [0.2, 0.25) is 0 Å². The fourth-order valence-electron chi connectivity index (χ4n) is 2.92. The number of nitrogens with one attached hydrogen (secondary N) is 1. The van der Waals surface area contributed by atoms with E-state index in [0.29, 0.717) is 31.3 Å². The van der Waals surface area contributed by atoms with Gasteiger partial charge in [-0.1, -0.05) is 25.6 Å². The number of nitrogens with zero attached hydrogens (tertiary/aromatic N) is 4. The zero-order valence-electron chi connectivity index (χ0n) is 17.7. The molecule has 7 nitrogen and oxygen atoms in total. The van der Waals surface area contributed by atoms with Gasteiger partial charge >= 0.3 is 6.18 Å². The highest BCUT2D eigenvalue weighted by Crippen LogP contribution is 2.32. The van der Waals surface area contributed by atoms with E-state index in [1.165, 1.54) is 0 Å². The molecule has 3 heterocycles. The zero-order valence-corrected chi connectivity index (χ0v) is 18.5. The Balaban J connectivity index is 1.71. The Hall–Kier alpha value is -2.27. The molecule has 1 N–H and O–H groups in total. The van der Waals surface area contributed by atoms with E-state index in [1.54, 1.807) is 12.1 Å². The van der Waals surface area contributed by atoms with Crippen molar-refractivity contribution < 1.29 is 22.4 Å². The predicted molar refractivity (Wildman–Crippen MR) is 112 cm³/mol. The zero-order chi connectivity index (χ0) is 22.6. The maximum atomic E-state index is 13.4. The van der Waals surface area contributed by atoms with Gasteiger partial charge in [-0.25, -0.2) is 9.97 Å². The smallest absolute Gasteiger partial charge is 0.433 e. The lowest BCUT2D eigenvalue weighted by molar-refractivity contribution is -0.141. The van der Waals surface area contributed by atoms with Crippen LogP contribution in [0.3, 0.4) is 0 Å². The fourth-order valence-corrected chi connectivity index (χ4v) is 3.66. The topological polar surface area (TPSA) is 74.5 Å². The molecule has 0 saturated carbocycles. The van der Waals surface area contributed by atoms with Crippen molar-refractivity contribution in [3.05, 3.63) is 35.4 Å². The molecule has 1 amide bonds. The first-order valence-corrected chi connectivity index (χ1v) is 11.0. The normalized spacial score (nSPS) is 15.5. The molecule has 11 heteroatoms. The van der Waals surface area contributed by atoms with Crippen molar-refractivity contribution in [3.8, 4) is 0 Å². The highest BCUT2D eigenvalue weighted by atomic mass is 32.2. The molecular weight excluding hydrogens is 431 g/mol. The Morgan fingerprint density at radius 3 is 2.58 bits per heavy atom. The van der Waals surface area contributed by atoms with Gasteiger partial charge < -0.3 is 19.5 Å². The molecule has 170 valence electrons. The minimum absolute atomic E-state index is 0.0194. The Morgan fingerprint density at radius 2 is 1.94 bits per heavy atom. The molecule has 0 unspecified atom stereocenters. The second kappa shape index (κ2) is 9.90. The van der Waals surface area contributed by atoms with Gasteiger partial charge in [-0.2, -0.15) is 13.2 Å². The van der Waals surface area contributed by atoms with Gasteiger partial charge in [-0.3, -0.25) is 4.79 Å². The largest absolute Gasteiger partial charge is 0.455 e. The van der Waals surface area contributed by atoms with Gasteiger partial charge in [0.05, 0.1) is 5.75 Å². The van der Waals surface area contributed by atoms with Crippen LogP contribution in [0, 0.1) is 5.92 Å². The van der Waals surface area contributed by atoms with E-state index in [0.717, 1.165) is 30.9 Å². The molecule has 0 radical (unpaired) electrons. The van der Waals surface area contributed by atoms with Gasteiger partial charge in [0.15, 0.2) is 16.6 Å². The summed E-state index contributed by atoms with van der Waals surface area (Å²) in [4.78, 5) is 24.0. The molecule has 1 aliphatic rings. The van der Waals surface area contributed by atoms with E-state index in [2.05, 4.69) is 20.2 Å². The first-order chi connectivity index (χ1) is 14.6. The van der Waals surface area contributed by atoms with E-state index in [4.69, 9.17) is 4.42 Å². The molecule has 2 aromatic rings. The Labute approximate surface area is 183 Å². The van der Waals surface area contributed by atoms with E-state index >= 15 is 0 Å². The molecule has 1 aliphatic heterocycles. The summed E-state index contributed by atoms with van der Waals surface area (Å²) in [7, 11) is 1.97. The van der Waals surface area contributed by atoms with Crippen LogP contribution >= 0.6 is 11.8 Å². The van der Waals surface area contributed by atoms with Gasteiger partial charge in [0, 0.05) is 38.8 Å². The molecule has 3 rings (SSSR count). The summed E-state index contributed by atoms with van der Waals surface area (Å²) in [6.45, 7) is 7.19. The van der Waals surface area contributed by atoms with Crippen molar-refractivity contribution in [1.29, 1.82) is 0 Å².